The van der Waals surface area contributed by atoms with Gasteiger partial charge in [0.2, 0.25) is 11.8 Å². The molecule has 6 nitrogen and oxygen atoms in total. The normalized spacial score (nSPS) is 19.6. The lowest BCUT2D eigenvalue weighted by atomic mass is 9.81. The summed E-state index contributed by atoms with van der Waals surface area (Å²) in [4.78, 5) is 24.4. The zero-order valence-corrected chi connectivity index (χ0v) is 14.8. The van der Waals surface area contributed by atoms with Crippen molar-refractivity contribution in [1.82, 2.24) is 5.32 Å². The zero-order chi connectivity index (χ0) is 18.2. The molecule has 1 aliphatic rings. The van der Waals surface area contributed by atoms with Crippen LogP contribution in [0.1, 0.15) is 25.7 Å². The number of anilines is 1. The first kappa shape index (κ1) is 18.8. The van der Waals surface area contributed by atoms with E-state index in [0.717, 1.165) is 12.8 Å². The Morgan fingerprint density at radius 3 is 2.24 bits per heavy atom. The first-order valence-corrected chi connectivity index (χ1v) is 8.50. The number of ether oxygens (including phenoxy) is 2. The lowest BCUT2D eigenvalue weighted by molar-refractivity contribution is -0.128. The molecule has 1 saturated carbocycles. The predicted octanol–water partition coefficient (Wildman–Crippen LogP) is 2.75. The summed E-state index contributed by atoms with van der Waals surface area (Å²) in [5.74, 6) is 1.15. The van der Waals surface area contributed by atoms with E-state index in [1.165, 1.54) is 0 Å². The number of carbonyl (C=O) groups is 2. The molecule has 1 aromatic carbocycles. The molecule has 2 N–H and O–H groups in total. The van der Waals surface area contributed by atoms with Crippen LogP contribution < -0.4 is 20.1 Å². The van der Waals surface area contributed by atoms with E-state index in [9.17, 15) is 9.59 Å². The van der Waals surface area contributed by atoms with E-state index in [2.05, 4.69) is 17.2 Å². The van der Waals surface area contributed by atoms with E-state index in [1.807, 2.05) is 0 Å². The molecule has 2 rings (SSSR count). The van der Waals surface area contributed by atoms with Crippen molar-refractivity contribution in [3.63, 3.8) is 0 Å². The smallest absolute Gasteiger partial charge is 0.227 e. The average molecular weight is 346 g/mol. The highest BCUT2D eigenvalue weighted by Gasteiger charge is 2.29. The topological polar surface area (TPSA) is 76.7 Å². The Morgan fingerprint density at radius 2 is 1.68 bits per heavy atom. The highest BCUT2D eigenvalue weighted by atomic mass is 16.5. The third kappa shape index (κ3) is 4.98. The van der Waals surface area contributed by atoms with Gasteiger partial charge in [-0.15, -0.1) is 6.58 Å². The lowest BCUT2D eigenvalue weighted by Gasteiger charge is -2.27. The van der Waals surface area contributed by atoms with E-state index in [1.54, 1.807) is 38.5 Å². The van der Waals surface area contributed by atoms with Gasteiger partial charge < -0.3 is 20.1 Å². The number of benzene rings is 1. The molecule has 1 aliphatic carbocycles. The minimum atomic E-state index is -0.0726. The van der Waals surface area contributed by atoms with Crippen LogP contribution in [0.3, 0.4) is 0 Å². The molecule has 1 aromatic rings. The molecule has 2 amide bonds. The molecule has 0 saturated heterocycles. The summed E-state index contributed by atoms with van der Waals surface area (Å²) in [6.07, 6.45) is 4.55. The fourth-order valence-corrected chi connectivity index (χ4v) is 3.09. The van der Waals surface area contributed by atoms with Crippen LogP contribution in [0.5, 0.6) is 11.5 Å². The van der Waals surface area contributed by atoms with Gasteiger partial charge in [-0.3, -0.25) is 9.59 Å². The van der Waals surface area contributed by atoms with E-state index < -0.39 is 0 Å². The van der Waals surface area contributed by atoms with Gasteiger partial charge in [-0.1, -0.05) is 6.08 Å². The summed E-state index contributed by atoms with van der Waals surface area (Å²) in [7, 11) is 3.13. The summed E-state index contributed by atoms with van der Waals surface area (Å²) in [6.45, 7) is 4.08. The van der Waals surface area contributed by atoms with E-state index in [4.69, 9.17) is 9.47 Å². The SMILES string of the molecule is C=CCNC(=O)C1CCC(C(=O)Nc2ccc(OC)c(OC)c2)CC1. The maximum absolute atomic E-state index is 12.5. The van der Waals surface area contributed by atoms with E-state index >= 15 is 0 Å². The molecule has 0 aliphatic heterocycles. The van der Waals surface area contributed by atoms with Crippen molar-refractivity contribution < 1.29 is 19.1 Å². The van der Waals surface area contributed by atoms with Crippen LogP contribution in [-0.4, -0.2) is 32.6 Å². The Labute approximate surface area is 148 Å². The molecular formula is C19H26N2O4. The van der Waals surface area contributed by atoms with Gasteiger partial charge >= 0.3 is 0 Å². The fraction of sp³-hybridized carbons (Fsp3) is 0.474. The molecule has 0 bridgehead atoms. The van der Waals surface area contributed by atoms with E-state index in [-0.39, 0.29) is 23.7 Å². The van der Waals surface area contributed by atoms with Crippen LogP contribution in [0.25, 0.3) is 0 Å². The fourth-order valence-electron chi connectivity index (χ4n) is 3.09. The van der Waals surface area contributed by atoms with Gasteiger partial charge in [-0.2, -0.15) is 0 Å². The van der Waals surface area contributed by atoms with Gasteiger partial charge in [-0.05, 0) is 37.8 Å². The van der Waals surface area contributed by atoms with Crippen molar-refractivity contribution in [1.29, 1.82) is 0 Å². The zero-order valence-electron chi connectivity index (χ0n) is 14.8. The molecular weight excluding hydrogens is 320 g/mol. The number of nitrogens with one attached hydrogen (secondary N) is 2. The van der Waals surface area contributed by atoms with E-state index in [0.29, 0.717) is 36.6 Å². The Bertz CT molecular complexity index is 622. The highest BCUT2D eigenvalue weighted by molar-refractivity contribution is 5.93. The maximum atomic E-state index is 12.5. The number of hydrogen-bond donors (Lipinski definition) is 2. The molecule has 6 heteroatoms. The quantitative estimate of drug-likeness (QED) is 0.744. The summed E-state index contributed by atoms with van der Waals surface area (Å²) in [5.41, 5.74) is 0.675. The van der Waals surface area contributed by atoms with Crippen molar-refractivity contribution in [2.45, 2.75) is 25.7 Å². The Hall–Kier alpha value is -2.50. The van der Waals surface area contributed by atoms with Gasteiger partial charge in [-0.25, -0.2) is 0 Å². The second-order valence-corrected chi connectivity index (χ2v) is 6.14. The van der Waals surface area contributed by atoms with Gasteiger partial charge in [0.1, 0.15) is 0 Å². The average Bonchev–Trinajstić information content (AvgIpc) is 2.66. The molecule has 25 heavy (non-hydrogen) atoms. The van der Waals surface area contributed by atoms with Crippen molar-refractivity contribution in [2.24, 2.45) is 11.8 Å². The van der Waals surface area contributed by atoms with Gasteiger partial charge in [0.15, 0.2) is 11.5 Å². The van der Waals surface area contributed by atoms with Gasteiger partial charge in [0.05, 0.1) is 14.2 Å². The molecule has 0 spiro atoms. The molecule has 0 heterocycles. The number of amides is 2. The van der Waals surface area contributed by atoms with Gasteiger partial charge in [0, 0.05) is 30.1 Å². The molecule has 1 fully saturated rings. The van der Waals surface area contributed by atoms with Crippen LogP contribution >= 0.6 is 0 Å². The first-order chi connectivity index (χ1) is 12.1. The van der Waals surface area contributed by atoms with Crippen molar-refractivity contribution in [3.8, 4) is 11.5 Å². The molecule has 0 unspecified atom stereocenters. The Kier molecular flexibility index (Phi) is 6.86. The monoisotopic (exact) mass is 346 g/mol. The number of rotatable bonds is 7. The number of hydrogen-bond acceptors (Lipinski definition) is 4. The Balaban J connectivity index is 1.88. The second kappa shape index (κ2) is 9.11. The van der Waals surface area contributed by atoms with Crippen LogP contribution in [-0.2, 0) is 9.59 Å². The standard InChI is InChI=1S/C19H26N2O4/c1-4-11-20-18(22)13-5-7-14(8-6-13)19(23)21-15-9-10-16(24-2)17(12-15)25-3/h4,9-10,12-14H,1,5-8,11H2,2-3H3,(H,20,22)(H,21,23). The van der Waals surface area contributed by atoms with Crippen LogP contribution in [0.4, 0.5) is 5.69 Å². The third-order valence-corrected chi connectivity index (χ3v) is 4.54. The lowest BCUT2D eigenvalue weighted by Crippen LogP contribution is -2.35. The number of methoxy groups -OCH3 is 2. The molecule has 0 radical (unpaired) electrons. The summed E-state index contributed by atoms with van der Waals surface area (Å²) >= 11 is 0. The minimum absolute atomic E-state index is 0.00918. The predicted molar refractivity (Wildman–Crippen MR) is 96.8 cm³/mol. The summed E-state index contributed by atoms with van der Waals surface area (Å²) in [6, 6.07) is 5.29. The maximum Gasteiger partial charge on any atom is 0.227 e. The van der Waals surface area contributed by atoms with Crippen molar-refractivity contribution in [2.75, 3.05) is 26.1 Å². The largest absolute Gasteiger partial charge is 0.493 e. The number of carbonyl (C=O) groups excluding carboxylic acids is 2. The van der Waals surface area contributed by atoms with Crippen LogP contribution in [0, 0.1) is 11.8 Å². The summed E-state index contributed by atoms with van der Waals surface area (Å²) < 4.78 is 10.4. The third-order valence-electron chi connectivity index (χ3n) is 4.54. The van der Waals surface area contributed by atoms with Crippen LogP contribution in [0.15, 0.2) is 30.9 Å². The summed E-state index contributed by atoms with van der Waals surface area (Å²) in [5, 5.41) is 5.75. The van der Waals surface area contributed by atoms with Gasteiger partial charge in [0.25, 0.3) is 0 Å². The Morgan fingerprint density at radius 1 is 1.08 bits per heavy atom. The molecule has 136 valence electrons. The van der Waals surface area contributed by atoms with Crippen molar-refractivity contribution in [3.05, 3.63) is 30.9 Å². The minimum Gasteiger partial charge on any atom is -0.493 e. The second-order valence-electron chi connectivity index (χ2n) is 6.14. The first-order valence-electron chi connectivity index (χ1n) is 8.50. The molecule has 0 atom stereocenters. The molecule has 0 aromatic heterocycles. The van der Waals surface area contributed by atoms with Crippen LogP contribution in [0.2, 0.25) is 0 Å². The highest BCUT2D eigenvalue weighted by Crippen LogP contribution is 2.32. The van der Waals surface area contributed by atoms with Crippen molar-refractivity contribution >= 4 is 17.5 Å².